The van der Waals surface area contributed by atoms with Gasteiger partial charge in [0.05, 0.1) is 0 Å². The second-order valence-corrected chi connectivity index (χ2v) is 5.29. The van der Waals surface area contributed by atoms with Gasteiger partial charge in [0.1, 0.15) is 0 Å². The Morgan fingerprint density at radius 2 is 1.65 bits per heavy atom. The first-order valence-electron chi connectivity index (χ1n) is 7.17. The van der Waals surface area contributed by atoms with E-state index in [2.05, 4.69) is 72.8 Å². The van der Waals surface area contributed by atoms with Crippen LogP contribution in [0.3, 0.4) is 0 Å². The number of rotatable bonds is 3. The monoisotopic (exact) mass is 330 g/mol. The van der Waals surface area contributed by atoms with Gasteiger partial charge < -0.3 is 0 Å². The Balaban J connectivity index is 0.000000956. The van der Waals surface area contributed by atoms with Crippen LogP contribution in [0.25, 0.3) is 17.2 Å². The molecule has 2 aromatic carbocycles. The molecule has 0 saturated carbocycles. The normalized spacial score (nSPS) is 9.65. The molecule has 0 fully saturated rings. The molecule has 0 heterocycles. The van der Waals surface area contributed by atoms with Crippen LogP contribution in [0, 0.1) is 6.92 Å². The molecule has 1 heteroatoms. The van der Waals surface area contributed by atoms with Gasteiger partial charge in [-0.3, -0.25) is 0 Å². The van der Waals surface area contributed by atoms with Crippen molar-refractivity contribution in [3.63, 3.8) is 0 Å². The molecule has 2 aromatic rings. The van der Waals surface area contributed by atoms with Crippen LogP contribution >= 0.6 is 15.9 Å². The van der Waals surface area contributed by atoms with E-state index in [0.717, 1.165) is 10.9 Å². The van der Waals surface area contributed by atoms with E-state index in [1.54, 1.807) is 0 Å². The Kier molecular flexibility index (Phi) is 6.74. The summed E-state index contributed by atoms with van der Waals surface area (Å²) >= 11 is 3.54. The molecular weight excluding hydrogens is 308 g/mol. The fourth-order valence-electron chi connectivity index (χ4n) is 2.11. The Morgan fingerprint density at radius 3 is 2.20 bits per heavy atom. The predicted octanol–water partition coefficient (Wildman–Crippen LogP) is 6.66. The summed E-state index contributed by atoms with van der Waals surface area (Å²) in [4.78, 5) is 0. The molecule has 0 radical (unpaired) electrons. The van der Waals surface area contributed by atoms with Crippen molar-refractivity contribution in [1.82, 2.24) is 0 Å². The number of benzene rings is 2. The summed E-state index contributed by atoms with van der Waals surface area (Å²) in [6, 6.07) is 13.1. The quantitative estimate of drug-likeness (QED) is 0.590. The molecule has 20 heavy (non-hydrogen) atoms. The lowest BCUT2D eigenvalue weighted by Gasteiger charge is -2.09. The van der Waals surface area contributed by atoms with Gasteiger partial charge in [0.2, 0.25) is 0 Å². The Labute approximate surface area is 131 Å². The SMILES string of the molecule is C=Cc1ccc(-c2ccc(Br)c(C)c2)cc1CC.CC. The van der Waals surface area contributed by atoms with E-state index >= 15 is 0 Å². The molecule has 0 aliphatic rings. The molecule has 106 valence electrons. The number of hydrogen-bond donors (Lipinski definition) is 0. The molecule has 0 atom stereocenters. The van der Waals surface area contributed by atoms with Crippen LogP contribution in [0.5, 0.6) is 0 Å². The van der Waals surface area contributed by atoms with Crippen LogP contribution in [-0.4, -0.2) is 0 Å². The first kappa shape index (κ1) is 16.7. The smallest absolute Gasteiger partial charge is 0.0204 e. The van der Waals surface area contributed by atoms with Crippen LogP contribution in [0.15, 0.2) is 47.4 Å². The third-order valence-electron chi connectivity index (χ3n) is 3.24. The zero-order valence-electron chi connectivity index (χ0n) is 12.8. The second-order valence-electron chi connectivity index (χ2n) is 4.44. The van der Waals surface area contributed by atoms with Crippen LogP contribution < -0.4 is 0 Å². The van der Waals surface area contributed by atoms with E-state index in [1.165, 1.54) is 27.8 Å². The standard InChI is InChI=1S/C17H17Br.C2H6/c1-4-13-6-7-16(11-14(13)5-2)15-8-9-17(18)12(3)10-15;1-2/h4,6-11H,1,5H2,2-3H3;1-2H3. The summed E-state index contributed by atoms with van der Waals surface area (Å²) in [5, 5.41) is 0. The highest BCUT2D eigenvalue weighted by molar-refractivity contribution is 9.10. The lowest BCUT2D eigenvalue weighted by molar-refractivity contribution is 1.13. The van der Waals surface area contributed by atoms with E-state index < -0.39 is 0 Å². The van der Waals surface area contributed by atoms with Crippen molar-refractivity contribution in [2.24, 2.45) is 0 Å². The summed E-state index contributed by atoms with van der Waals surface area (Å²) < 4.78 is 1.16. The van der Waals surface area contributed by atoms with Gasteiger partial charge in [0.25, 0.3) is 0 Å². The minimum Gasteiger partial charge on any atom is -0.0985 e. The van der Waals surface area contributed by atoms with Crippen LogP contribution in [-0.2, 0) is 6.42 Å². The molecule has 0 spiro atoms. The van der Waals surface area contributed by atoms with Gasteiger partial charge in [0, 0.05) is 4.47 Å². The fraction of sp³-hybridized carbons (Fsp3) is 0.263. The molecule has 0 saturated heterocycles. The average Bonchev–Trinajstić information content (AvgIpc) is 2.51. The largest absolute Gasteiger partial charge is 0.0985 e. The van der Waals surface area contributed by atoms with Gasteiger partial charge in [-0.1, -0.05) is 79.7 Å². The molecule has 0 aliphatic carbocycles. The van der Waals surface area contributed by atoms with Crippen molar-refractivity contribution in [2.75, 3.05) is 0 Å². The first-order valence-corrected chi connectivity index (χ1v) is 7.97. The maximum absolute atomic E-state index is 3.86. The highest BCUT2D eigenvalue weighted by Gasteiger charge is 2.03. The molecular formula is C19H23Br. The van der Waals surface area contributed by atoms with E-state index in [0.29, 0.717) is 0 Å². The average molecular weight is 331 g/mol. The Morgan fingerprint density at radius 1 is 1.05 bits per heavy atom. The van der Waals surface area contributed by atoms with E-state index in [1.807, 2.05) is 19.9 Å². The van der Waals surface area contributed by atoms with Crippen molar-refractivity contribution >= 4 is 22.0 Å². The van der Waals surface area contributed by atoms with Gasteiger partial charge in [-0.25, -0.2) is 0 Å². The maximum Gasteiger partial charge on any atom is 0.0204 e. The molecule has 0 amide bonds. The lowest BCUT2D eigenvalue weighted by Crippen LogP contribution is -1.88. The first-order chi connectivity index (χ1) is 9.65. The highest BCUT2D eigenvalue weighted by atomic mass is 79.9. The highest BCUT2D eigenvalue weighted by Crippen LogP contribution is 2.27. The van der Waals surface area contributed by atoms with Crippen molar-refractivity contribution in [3.05, 3.63) is 64.1 Å². The number of aryl methyl sites for hydroxylation is 2. The van der Waals surface area contributed by atoms with Gasteiger partial charge in [0.15, 0.2) is 0 Å². The molecule has 0 nitrogen and oxygen atoms in total. The summed E-state index contributed by atoms with van der Waals surface area (Å²) in [7, 11) is 0. The Bertz CT molecular complexity index is 582. The topological polar surface area (TPSA) is 0 Å². The van der Waals surface area contributed by atoms with E-state index in [-0.39, 0.29) is 0 Å². The molecule has 0 unspecified atom stereocenters. The minimum absolute atomic E-state index is 1.03. The van der Waals surface area contributed by atoms with E-state index in [4.69, 9.17) is 0 Å². The zero-order chi connectivity index (χ0) is 15.1. The minimum atomic E-state index is 1.03. The lowest BCUT2D eigenvalue weighted by atomic mass is 9.97. The van der Waals surface area contributed by atoms with Crippen molar-refractivity contribution < 1.29 is 0 Å². The van der Waals surface area contributed by atoms with Gasteiger partial charge in [-0.05, 0) is 47.2 Å². The van der Waals surface area contributed by atoms with Crippen LogP contribution in [0.1, 0.15) is 37.5 Å². The van der Waals surface area contributed by atoms with Gasteiger partial charge in [-0.2, -0.15) is 0 Å². The second kappa shape index (κ2) is 8.06. The summed E-state index contributed by atoms with van der Waals surface area (Å²) in [5.74, 6) is 0. The predicted molar refractivity (Wildman–Crippen MR) is 95.1 cm³/mol. The summed E-state index contributed by atoms with van der Waals surface area (Å²) in [6.45, 7) is 12.2. The van der Waals surface area contributed by atoms with Crippen molar-refractivity contribution in [1.29, 1.82) is 0 Å². The van der Waals surface area contributed by atoms with Crippen LogP contribution in [0.2, 0.25) is 0 Å². The van der Waals surface area contributed by atoms with Gasteiger partial charge in [-0.15, -0.1) is 0 Å². The third-order valence-corrected chi connectivity index (χ3v) is 4.12. The number of hydrogen-bond acceptors (Lipinski definition) is 0. The fourth-order valence-corrected chi connectivity index (χ4v) is 2.36. The molecule has 0 aliphatic heterocycles. The van der Waals surface area contributed by atoms with Gasteiger partial charge >= 0.3 is 0 Å². The molecule has 0 bridgehead atoms. The summed E-state index contributed by atoms with van der Waals surface area (Å²) in [5.41, 5.74) is 6.38. The van der Waals surface area contributed by atoms with Crippen molar-refractivity contribution in [2.45, 2.75) is 34.1 Å². The summed E-state index contributed by atoms with van der Waals surface area (Å²) in [6.07, 6.45) is 2.96. The third kappa shape index (κ3) is 3.83. The number of halogens is 1. The zero-order valence-corrected chi connectivity index (χ0v) is 14.4. The van der Waals surface area contributed by atoms with Crippen molar-refractivity contribution in [3.8, 4) is 11.1 Å². The van der Waals surface area contributed by atoms with E-state index in [9.17, 15) is 0 Å². The van der Waals surface area contributed by atoms with Crippen LogP contribution in [0.4, 0.5) is 0 Å². The Hall–Kier alpha value is -1.34. The maximum atomic E-state index is 3.86. The molecule has 2 rings (SSSR count). The molecule has 0 aromatic heterocycles. The molecule has 0 N–H and O–H groups in total.